The second-order valence-electron chi connectivity index (χ2n) is 5.33. The third kappa shape index (κ3) is 2.30. The molecular weight excluding hydrogens is 272 g/mol. The van der Waals surface area contributed by atoms with Gasteiger partial charge in [0.05, 0.1) is 6.10 Å². The van der Waals surface area contributed by atoms with E-state index < -0.39 is 6.10 Å². The number of fused-ring (bicyclic) bond motifs is 1. The van der Waals surface area contributed by atoms with Gasteiger partial charge in [-0.1, -0.05) is 29.8 Å². The number of ether oxygens (including phenoxy) is 1. The minimum atomic E-state index is -0.539. The van der Waals surface area contributed by atoms with E-state index in [0.717, 1.165) is 16.9 Å². The Bertz CT molecular complexity index is 651. The normalized spacial score (nSPS) is 21.2. The molecule has 0 radical (unpaired) electrons. The molecule has 20 heavy (non-hydrogen) atoms. The van der Waals surface area contributed by atoms with Crippen LogP contribution in [0.15, 0.2) is 36.4 Å². The van der Waals surface area contributed by atoms with Gasteiger partial charge in [-0.2, -0.15) is 0 Å². The summed E-state index contributed by atoms with van der Waals surface area (Å²) in [5.74, 6) is 0.721. The highest BCUT2D eigenvalue weighted by Gasteiger charge is 2.29. The number of aliphatic hydroxyl groups excluding tert-OH is 1. The summed E-state index contributed by atoms with van der Waals surface area (Å²) in [6.07, 6.45) is -0.0987. The van der Waals surface area contributed by atoms with E-state index in [1.807, 2.05) is 12.1 Å². The van der Waals surface area contributed by atoms with Crippen molar-refractivity contribution in [3.05, 3.63) is 63.7 Å². The van der Waals surface area contributed by atoms with E-state index >= 15 is 0 Å². The van der Waals surface area contributed by atoms with Crippen LogP contribution in [0.2, 0.25) is 5.02 Å². The lowest BCUT2D eigenvalue weighted by Gasteiger charge is -2.31. The maximum atomic E-state index is 10.3. The van der Waals surface area contributed by atoms with Gasteiger partial charge in [0.1, 0.15) is 11.9 Å². The summed E-state index contributed by atoms with van der Waals surface area (Å²) in [6.45, 7) is 4.18. The van der Waals surface area contributed by atoms with E-state index in [2.05, 4.69) is 26.0 Å². The molecule has 1 heterocycles. The maximum Gasteiger partial charge on any atom is 0.127 e. The van der Waals surface area contributed by atoms with Crippen LogP contribution in [0.3, 0.4) is 0 Å². The van der Waals surface area contributed by atoms with Gasteiger partial charge in [-0.3, -0.25) is 0 Å². The molecule has 0 fully saturated rings. The van der Waals surface area contributed by atoms with E-state index in [1.165, 1.54) is 11.1 Å². The van der Waals surface area contributed by atoms with E-state index in [1.54, 1.807) is 12.1 Å². The highest BCUT2D eigenvalue weighted by Crippen LogP contribution is 2.42. The molecule has 3 rings (SSSR count). The molecule has 0 saturated heterocycles. The highest BCUT2D eigenvalue weighted by atomic mass is 35.5. The van der Waals surface area contributed by atoms with Gasteiger partial charge < -0.3 is 9.84 Å². The van der Waals surface area contributed by atoms with Gasteiger partial charge in [0.15, 0.2) is 0 Å². The van der Waals surface area contributed by atoms with Gasteiger partial charge in [0.2, 0.25) is 0 Å². The molecule has 1 aliphatic heterocycles. The van der Waals surface area contributed by atoms with Crippen molar-refractivity contribution in [2.24, 2.45) is 0 Å². The first-order valence-corrected chi connectivity index (χ1v) is 7.14. The number of aliphatic hydroxyl groups is 1. The van der Waals surface area contributed by atoms with Crippen molar-refractivity contribution in [3.63, 3.8) is 0 Å². The number of rotatable bonds is 1. The molecule has 2 atom stereocenters. The summed E-state index contributed by atoms with van der Waals surface area (Å²) < 4.78 is 6.06. The predicted octanol–water partition coefficient (Wildman–Crippen LogP) is 4.51. The molecule has 0 aromatic heterocycles. The Morgan fingerprint density at radius 1 is 1.15 bits per heavy atom. The molecule has 0 saturated carbocycles. The Kier molecular flexibility index (Phi) is 3.45. The number of aryl methyl sites for hydroxylation is 1. The van der Waals surface area contributed by atoms with E-state index in [0.29, 0.717) is 11.4 Å². The van der Waals surface area contributed by atoms with Crippen LogP contribution in [-0.4, -0.2) is 5.11 Å². The van der Waals surface area contributed by atoms with Crippen LogP contribution in [0.1, 0.15) is 40.9 Å². The minimum Gasteiger partial charge on any atom is -0.485 e. The molecule has 3 heteroatoms. The quantitative estimate of drug-likeness (QED) is 0.836. The Morgan fingerprint density at radius 2 is 1.95 bits per heavy atom. The zero-order valence-corrected chi connectivity index (χ0v) is 12.3. The smallest absolute Gasteiger partial charge is 0.127 e. The Morgan fingerprint density at radius 3 is 2.75 bits per heavy atom. The van der Waals surface area contributed by atoms with Gasteiger partial charge in [-0.15, -0.1) is 0 Å². The van der Waals surface area contributed by atoms with Crippen LogP contribution in [-0.2, 0) is 0 Å². The van der Waals surface area contributed by atoms with Crippen molar-refractivity contribution in [1.29, 1.82) is 0 Å². The molecule has 1 aliphatic rings. The monoisotopic (exact) mass is 288 g/mol. The lowest BCUT2D eigenvalue weighted by atomic mass is 9.91. The largest absolute Gasteiger partial charge is 0.485 e. The van der Waals surface area contributed by atoms with Crippen LogP contribution in [0.25, 0.3) is 0 Å². The van der Waals surface area contributed by atoms with Gasteiger partial charge in [0.25, 0.3) is 0 Å². The first-order chi connectivity index (χ1) is 9.56. The van der Waals surface area contributed by atoms with Crippen LogP contribution in [0.4, 0.5) is 0 Å². The van der Waals surface area contributed by atoms with Crippen molar-refractivity contribution in [2.45, 2.75) is 32.5 Å². The second-order valence-corrected chi connectivity index (χ2v) is 5.77. The number of benzene rings is 2. The van der Waals surface area contributed by atoms with E-state index in [4.69, 9.17) is 16.3 Å². The Labute approximate surface area is 124 Å². The highest BCUT2D eigenvalue weighted by molar-refractivity contribution is 6.30. The van der Waals surface area contributed by atoms with Crippen LogP contribution in [0.5, 0.6) is 5.75 Å². The SMILES string of the molecule is Cc1cccc(C2C[C@H](O)c3cc(Cl)ccc3O2)c1C. The standard InChI is InChI=1S/C17H17ClO2/c1-10-4-3-5-13(11(10)2)17-9-15(19)14-8-12(18)6-7-16(14)20-17/h3-8,15,17,19H,9H2,1-2H3/t15-,17?/m0/s1. The number of hydrogen-bond donors (Lipinski definition) is 1. The van der Waals surface area contributed by atoms with Crippen molar-refractivity contribution in [1.82, 2.24) is 0 Å². The van der Waals surface area contributed by atoms with E-state index in [9.17, 15) is 5.11 Å². The summed E-state index contributed by atoms with van der Waals surface area (Å²) in [6, 6.07) is 11.6. The third-order valence-corrected chi connectivity index (χ3v) is 4.27. The van der Waals surface area contributed by atoms with Crippen molar-refractivity contribution in [2.75, 3.05) is 0 Å². The molecular formula is C17H17ClO2. The Balaban J connectivity index is 1.99. The average molecular weight is 289 g/mol. The molecule has 0 aliphatic carbocycles. The molecule has 0 spiro atoms. The molecule has 104 valence electrons. The molecule has 0 amide bonds. The molecule has 1 N–H and O–H groups in total. The fourth-order valence-corrected chi connectivity index (χ4v) is 2.91. The summed E-state index contributed by atoms with van der Waals surface area (Å²) in [5.41, 5.74) is 4.38. The fraction of sp³-hybridized carbons (Fsp3) is 0.294. The first kappa shape index (κ1) is 13.5. The topological polar surface area (TPSA) is 29.5 Å². The Hall–Kier alpha value is -1.51. The van der Waals surface area contributed by atoms with E-state index in [-0.39, 0.29) is 6.10 Å². The van der Waals surface area contributed by atoms with Crippen molar-refractivity contribution < 1.29 is 9.84 Å². The zero-order valence-electron chi connectivity index (χ0n) is 11.6. The summed E-state index contributed by atoms with van der Waals surface area (Å²) in [5, 5.41) is 11.0. The third-order valence-electron chi connectivity index (χ3n) is 4.03. The molecule has 0 bridgehead atoms. The lowest BCUT2D eigenvalue weighted by molar-refractivity contribution is 0.0654. The molecule has 2 nitrogen and oxygen atoms in total. The fourth-order valence-electron chi connectivity index (χ4n) is 2.73. The lowest BCUT2D eigenvalue weighted by Crippen LogP contribution is -2.20. The predicted molar refractivity (Wildman–Crippen MR) is 80.3 cm³/mol. The summed E-state index contributed by atoms with van der Waals surface area (Å²) in [7, 11) is 0. The summed E-state index contributed by atoms with van der Waals surface area (Å²) >= 11 is 5.97. The minimum absolute atomic E-state index is 0.112. The molecule has 2 aromatic rings. The van der Waals surface area contributed by atoms with Gasteiger partial charge in [0, 0.05) is 17.0 Å². The average Bonchev–Trinajstić information content (AvgIpc) is 2.42. The zero-order chi connectivity index (χ0) is 14.3. The van der Waals surface area contributed by atoms with Crippen LogP contribution < -0.4 is 4.74 Å². The number of hydrogen-bond acceptors (Lipinski definition) is 2. The van der Waals surface area contributed by atoms with Crippen LogP contribution in [0, 0.1) is 13.8 Å². The van der Waals surface area contributed by atoms with Gasteiger partial charge in [-0.05, 0) is 48.7 Å². The molecule has 2 aromatic carbocycles. The van der Waals surface area contributed by atoms with Crippen molar-refractivity contribution >= 4 is 11.6 Å². The maximum absolute atomic E-state index is 10.3. The van der Waals surface area contributed by atoms with Crippen LogP contribution >= 0.6 is 11.6 Å². The number of halogens is 1. The summed E-state index contributed by atoms with van der Waals surface area (Å²) in [4.78, 5) is 0. The van der Waals surface area contributed by atoms with Gasteiger partial charge in [-0.25, -0.2) is 0 Å². The first-order valence-electron chi connectivity index (χ1n) is 6.76. The van der Waals surface area contributed by atoms with Crippen molar-refractivity contribution in [3.8, 4) is 5.75 Å². The second kappa shape index (κ2) is 5.12. The van der Waals surface area contributed by atoms with Gasteiger partial charge >= 0.3 is 0 Å². The molecule has 1 unspecified atom stereocenters.